The number of carbonyl (C=O) groups excluding carboxylic acids is 2. The average Bonchev–Trinajstić information content (AvgIpc) is 3.44. The lowest BCUT2D eigenvalue weighted by Gasteiger charge is -2.32. The molecule has 5 rings (SSSR count). The molecule has 2 atom stereocenters. The van der Waals surface area contributed by atoms with Gasteiger partial charge in [0, 0.05) is 22.4 Å². The Morgan fingerprint density at radius 3 is 2.40 bits per heavy atom. The summed E-state index contributed by atoms with van der Waals surface area (Å²) >= 11 is 0. The van der Waals surface area contributed by atoms with Gasteiger partial charge in [-0.15, -0.1) is 0 Å². The number of ether oxygens (including phenoxy) is 4. The zero-order valence-corrected chi connectivity index (χ0v) is 26.8. The van der Waals surface area contributed by atoms with Crippen LogP contribution in [-0.4, -0.2) is 73.5 Å². The number of alkyl halides is 3. The number of nitrogens with zero attached hydrogens (tertiary/aromatic N) is 1. The van der Waals surface area contributed by atoms with Crippen LogP contribution in [0.3, 0.4) is 0 Å². The Kier molecular flexibility index (Phi) is 10.5. The van der Waals surface area contributed by atoms with E-state index in [4.69, 9.17) is 24.1 Å². The molecule has 0 fully saturated rings. The summed E-state index contributed by atoms with van der Waals surface area (Å²) in [4.78, 5) is 29.8. The van der Waals surface area contributed by atoms with E-state index in [-0.39, 0.29) is 66.1 Å². The molecule has 11 nitrogen and oxygen atoms in total. The van der Waals surface area contributed by atoms with Gasteiger partial charge in [0.15, 0.2) is 11.5 Å². The van der Waals surface area contributed by atoms with Gasteiger partial charge in [-0.05, 0) is 67.6 Å². The van der Waals surface area contributed by atoms with Gasteiger partial charge in [0.25, 0.3) is 5.91 Å². The van der Waals surface area contributed by atoms with Crippen LogP contribution in [0.5, 0.6) is 17.2 Å². The van der Waals surface area contributed by atoms with E-state index in [1.807, 2.05) is 0 Å². The van der Waals surface area contributed by atoms with Crippen molar-refractivity contribution >= 4 is 17.7 Å². The maximum Gasteiger partial charge on any atom is 0.424 e. The molecule has 15 heteroatoms. The topological polar surface area (TPSA) is 148 Å². The molecule has 0 radical (unpaired) electrons. The number of halogens is 4. The van der Waals surface area contributed by atoms with Gasteiger partial charge in [-0.3, -0.25) is 10.1 Å². The molecule has 0 unspecified atom stereocenters. The highest BCUT2D eigenvalue weighted by Gasteiger charge is 2.57. The molecule has 0 spiro atoms. The van der Waals surface area contributed by atoms with Crippen molar-refractivity contribution in [2.24, 2.45) is 0 Å². The summed E-state index contributed by atoms with van der Waals surface area (Å²) in [5.41, 5.74) is -5.32. The fourth-order valence-electron chi connectivity index (χ4n) is 5.20. The van der Waals surface area contributed by atoms with E-state index >= 15 is 0 Å². The van der Waals surface area contributed by atoms with Crippen LogP contribution in [0, 0.1) is 5.82 Å². The molecular formula is C35H33F4N3O8. The minimum absolute atomic E-state index is 0.0547. The molecule has 3 aromatic carbocycles. The molecule has 2 amide bonds. The van der Waals surface area contributed by atoms with Crippen molar-refractivity contribution in [2.75, 3.05) is 45.4 Å². The minimum atomic E-state index is -5.37. The maximum absolute atomic E-state index is 14.9. The second-order valence-electron chi connectivity index (χ2n) is 11.6. The normalized spacial score (nSPS) is 16.4. The van der Waals surface area contributed by atoms with E-state index in [2.05, 4.69) is 15.6 Å². The minimum Gasteiger partial charge on any atom is -0.493 e. The molecule has 4 aromatic rings. The van der Waals surface area contributed by atoms with E-state index < -0.39 is 47.2 Å². The third kappa shape index (κ3) is 7.58. The van der Waals surface area contributed by atoms with E-state index in [1.165, 1.54) is 37.4 Å². The standard InChI is InChI=1S/C35H33F4N3O8/c1-33(20-50-32(45)41-24-6-4-3-5-7-24)19-49-30-25(33)17-28(42-29(30)21-8-11-23(36)12-9-21)34(46,35(37,38)39)18-40-31(44)22-10-13-26(48-15-14-43)27(16-22)47-2/h3-13,16-17,43,46H,14-15,18-20H2,1-2H3,(H,40,44)(H,41,45)/t33-,34+/m1/s1. The summed E-state index contributed by atoms with van der Waals surface area (Å²) < 4.78 is 80.3. The number of pyridine rings is 1. The molecule has 0 bridgehead atoms. The van der Waals surface area contributed by atoms with E-state index in [9.17, 15) is 32.3 Å². The van der Waals surface area contributed by atoms with E-state index in [0.29, 0.717) is 5.69 Å². The first kappa shape index (κ1) is 35.9. The summed E-state index contributed by atoms with van der Waals surface area (Å²) in [5, 5.41) is 25.1. The lowest BCUT2D eigenvalue weighted by atomic mass is 9.83. The Hall–Kier alpha value is -5.41. The van der Waals surface area contributed by atoms with Gasteiger partial charge in [0.2, 0.25) is 5.60 Å². The summed E-state index contributed by atoms with van der Waals surface area (Å²) in [6, 6.07) is 18.1. The van der Waals surface area contributed by atoms with Crippen molar-refractivity contribution in [1.29, 1.82) is 0 Å². The number of carbonyl (C=O) groups is 2. The highest BCUT2D eigenvalue weighted by molar-refractivity contribution is 5.95. The Morgan fingerprint density at radius 1 is 1.02 bits per heavy atom. The lowest BCUT2D eigenvalue weighted by Crippen LogP contribution is -2.51. The number of aliphatic hydroxyl groups excluding tert-OH is 1. The molecule has 1 aliphatic rings. The van der Waals surface area contributed by atoms with Crippen LogP contribution in [-0.2, 0) is 15.8 Å². The molecular weight excluding hydrogens is 666 g/mol. The molecule has 1 aliphatic heterocycles. The average molecular weight is 700 g/mol. The second-order valence-corrected chi connectivity index (χ2v) is 11.6. The Morgan fingerprint density at radius 2 is 1.74 bits per heavy atom. The van der Waals surface area contributed by atoms with Crippen LogP contribution in [0.15, 0.2) is 78.9 Å². The Balaban J connectivity index is 1.49. The quantitative estimate of drug-likeness (QED) is 0.144. The number of anilines is 1. The molecule has 0 aliphatic carbocycles. The third-order valence-corrected chi connectivity index (χ3v) is 7.99. The number of nitrogens with one attached hydrogen (secondary N) is 2. The number of aliphatic hydroxyl groups is 2. The van der Waals surface area contributed by atoms with Crippen molar-refractivity contribution < 1.29 is 56.3 Å². The summed E-state index contributed by atoms with van der Waals surface area (Å²) in [7, 11) is 1.29. The van der Waals surface area contributed by atoms with Crippen molar-refractivity contribution in [3.8, 4) is 28.5 Å². The summed E-state index contributed by atoms with van der Waals surface area (Å²) in [5.74, 6) is -1.26. The van der Waals surface area contributed by atoms with Crippen LogP contribution >= 0.6 is 0 Å². The largest absolute Gasteiger partial charge is 0.493 e. The van der Waals surface area contributed by atoms with Gasteiger partial charge in [0.05, 0.1) is 31.4 Å². The van der Waals surface area contributed by atoms with E-state index in [0.717, 1.165) is 18.2 Å². The fraction of sp³-hybridized carbons (Fsp3) is 0.286. The van der Waals surface area contributed by atoms with Gasteiger partial charge >= 0.3 is 12.3 Å². The summed E-state index contributed by atoms with van der Waals surface area (Å²) in [6.07, 6.45) is -6.19. The molecule has 2 heterocycles. The van der Waals surface area contributed by atoms with Gasteiger partial charge in [-0.25, -0.2) is 14.2 Å². The SMILES string of the molecule is COc1cc(C(=O)NC[C@](O)(c2cc3c(c(-c4ccc(F)cc4)n2)OC[C@]3(C)COC(=O)Nc2ccccc2)C(F)(F)F)ccc1OCCO. The predicted molar refractivity (Wildman–Crippen MR) is 172 cm³/mol. The molecule has 0 saturated heterocycles. The van der Waals surface area contributed by atoms with Gasteiger partial charge in [0.1, 0.15) is 37.1 Å². The molecule has 50 heavy (non-hydrogen) atoms. The van der Waals surface area contributed by atoms with E-state index in [1.54, 1.807) is 37.3 Å². The number of para-hydroxylation sites is 1. The van der Waals surface area contributed by atoms with Gasteiger partial charge in [-0.2, -0.15) is 13.2 Å². The zero-order chi connectivity index (χ0) is 36.1. The first-order valence-electron chi connectivity index (χ1n) is 15.2. The fourth-order valence-corrected chi connectivity index (χ4v) is 5.20. The van der Waals surface area contributed by atoms with Crippen molar-refractivity contribution in [3.63, 3.8) is 0 Å². The molecule has 0 saturated carbocycles. The third-order valence-electron chi connectivity index (χ3n) is 7.99. The number of benzene rings is 3. The number of methoxy groups -OCH3 is 1. The smallest absolute Gasteiger partial charge is 0.424 e. The number of rotatable bonds is 12. The maximum atomic E-state index is 14.9. The van der Waals surface area contributed by atoms with Crippen LogP contribution in [0.1, 0.15) is 28.5 Å². The molecule has 4 N–H and O–H groups in total. The zero-order valence-electron chi connectivity index (χ0n) is 26.8. The second kappa shape index (κ2) is 14.6. The lowest BCUT2D eigenvalue weighted by molar-refractivity contribution is -0.265. The van der Waals surface area contributed by atoms with Crippen LogP contribution in [0.2, 0.25) is 0 Å². The highest BCUT2D eigenvalue weighted by Crippen LogP contribution is 2.48. The van der Waals surface area contributed by atoms with Crippen molar-refractivity contribution in [2.45, 2.75) is 24.1 Å². The first-order valence-corrected chi connectivity index (χ1v) is 15.2. The number of hydrogen-bond donors (Lipinski definition) is 4. The van der Waals surface area contributed by atoms with Gasteiger partial charge < -0.3 is 34.5 Å². The van der Waals surface area contributed by atoms with Crippen LogP contribution < -0.4 is 24.8 Å². The predicted octanol–water partition coefficient (Wildman–Crippen LogP) is 5.35. The summed E-state index contributed by atoms with van der Waals surface area (Å²) in [6.45, 7) is -0.591. The molecule has 1 aromatic heterocycles. The Labute approximate surface area is 283 Å². The molecule has 264 valence electrons. The number of aromatic nitrogens is 1. The Bertz CT molecular complexity index is 1840. The van der Waals surface area contributed by atoms with Crippen molar-refractivity contribution in [1.82, 2.24) is 10.3 Å². The first-order chi connectivity index (χ1) is 23.8. The number of amides is 2. The van der Waals surface area contributed by atoms with Crippen LogP contribution in [0.25, 0.3) is 11.3 Å². The monoisotopic (exact) mass is 699 g/mol. The number of hydrogen-bond acceptors (Lipinski definition) is 9. The highest BCUT2D eigenvalue weighted by atomic mass is 19.4. The number of fused-ring (bicyclic) bond motifs is 1. The van der Waals surface area contributed by atoms with Crippen LogP contribution in [0.4, 0.5) is 28.0 Å². The van der Waals surface area contributed by atoms with Crippen molar-refractivity contribution in [3.05, 3.63) is 102 Å². The van der Waals surface area contributed by atoms with Gasteiger partial charge in [-0.1, -0.05) is 18.2 Å².